The molecule has 1 rings (SSSR count). The van der Waals surface area contributed by atoms with Crippen molar-refractivity contribution in [3.8, 4) is 0 Å². The minimum Gasteiger partial charge on any atom is -0.480 e. The Balaban J connectivity index is 2.66. The third-order valence-electron chi connectivity index (χ3n) is 3.24. The van der Waals surface area contributed by atoms with Crippen molar-refractivity contribution in [2.75, 3.05) is 13.1 Å². The second-order valence-corrected chi connectivity index (χ2v) is 4.87. The largest absolute Gasteiger partial charge is 0.480 e. The van der Waals surface area contributed by atoms with Crippen LogP contribution in [0.3, 0.4) is 0 Å². The molecule has 0 radical (unpaired) electrons. The molecule has 0 bridgehead atoms. The summed E-state index contributed by atoms with van der Waals surface area (Å²) < 4.78 is 13.0. The lowest BCUT2D eigenvalue weighted by molar-refractivity contribution is -0.145. The van der Waals surface area contributed by atoms with Crippen molar-refractivity contribution in [2.45, 2.75) is 26.3 Å². The van der Waals surface area contributed by atoms with Gasteiger partial charge in [-0.25, -0.2) is 4.39 Å². The van der Waals surface area contributed by atoms with Gasteiger partial charge in [0.2, 0.25) is 5.91 Å². The quantitative estimate of drug-likeness (QED) is 0.794. The van der Waals surface area contributed by atoms with E-state index in [0.29, 0.717) is 6.42 Å². The number of carbonyl (C=O) groups excluding carboxylic acids is 2. The highest BCUT2D eigenvalue weighted by atomic mass is 19.1. The van der Waals surface area contributed by atoms with Crippen molar-refractivity contribution in [1.29, 1.82) is 0 Å². The number of carboxylic acid groups (broad SMARTS) is 1. The molecule has 1 aromatic rings. The molecule has 0 fully saturated rings. The maximum Gasteiger partial charge on any atom is 0.323 e. The van der Waals surface area contributed by atoms with Crippen LogP contribution >= 0.6 is 0 Å². The summed E-state index contributed by atoms with van der Waals surface area (Å²) >= 11 is 0. The molecule has 0 heterocycles. The fraction of sp³-hybridized carbons (Fsp3) is 0.400. The van der Waals surface area contributed by atoms with Gasteiger partial charge < -0.3 is 15.3 Å². The maximum absolute atomic E-state index is 13.0. The van der Waals surface area contributed by atoms with Crippen LogP contribution in [0.25, 0.3) is 0 Å². The molecule has 120 valence electrons. The lowest BCUT2D eigenvalue weighted by atomic mass is 10.2. The van der Waals surface area contributed by atoms with E-state index < -0.39 is 30.1 Å². The van der Waals surface area contributed by atoms with Crippen LogP contribution in [0.1, 0.15) is 30.6 Å². The van der Waals surface area contributed by atoms with Crippen molar-refractivity contribution >= 4 is 17.8 Å². The number of carbonyl (C=O) groups is 3. The van der Waals surface area contributed by atoms with Gasteiger partial charge in [0, 0.05) is 11.6 Å². The molecular formula is C15H19FN2O4. The third kappa shape index (κ3) is 5.16. The van der Waals surface area contributed by atoms with Crippen LogP contribution in [0.15, 0.2) is 24.3 Å². The molecular weight excluding hydrogens is 291 g/mol. The van der Waals surface area contributed by atoms with Crippen molar-refractivity contribution in [3.05, 3.63) is 35.6 Å². The minimum atomic E-state index is -1.12. The first-order chi connectivity index (χ1) is 10.3. The van der Waals surface area contributed by atoms with Gasteiger partial charge in [-0.15, -0.1) is 0 Å². The summed E-state index contributed by atoms with van der Waals surface area (Å²) in [5, 5.41) is 11.2. The Morgan fingerprint density at radius 2 is 2.05 bits per heavy atom. The molecule has 0 saturated carbocycles. The molecule has 0 aliphatic carbocycles. The number of aliphatic carboxylic acids is 1. The van der Waals surface area contributed by atoms with Gasteiger partial charge in [-0.05, 0) is 31.5 Å². The predicted octanol–water partition coefficient (Wildman–Crippen LogP) is 1.27. The molecule has 1 atom stereocenters. The summed E-state index contributed by atoms with van der Waals surface area (Å²) in [5.41, 5.74) is 0.0983. The Kier molecular flexibility index (Phi) is 6.49. The number of carboxylic acids is 1. The molecule has 0 aromatic heterocycles. The number of hydrogen-bond donors (Lipinski definition) is 2. The topological polar surface area (TPSA) is 86.7 Å². The van der Waals surface area contributed by atoms with Crippen LogP contribution in [0, 0.1) is 5.82 Å². The highest BCUT2D eigenvalue weighted by Crippen LogP contribution is 2.05. The van der Waals surface area contributed by atoms with E-state index >= 15 is 0 Å². The number of rotatable bonds is 7. The van der Waals surface area contributed by atoms with Gasteiger partial charge in [0.05, 0.1) is 6.54 Å². The molecule has 1 aromatic carbocycles. The zero-order valence-corrected chi connectivity index (χ0v) is 12.5. The number of halogens is 1. The third-order valence-corrected chi connectivity index (χ3v) is 3.24. The fourth-order valence-corrected chi connectivity index (χ4v) is 1.85. The number of nitrogens with one attached hydrogen (secondary N) is 1. The molecule has 0 aliphatic heterocycles. The van der Waals surface area contributed by atoms with E-state index in [-0.39, 0.29) is 18.2 Å². The summed E-state index contributed by atoms with van der Waals surface area (Å²) in [4.78, 5) is 35.9. The van der Waals surface area contributed by atoms with Crippen molar-refractivity contribution < 1.29 is 23.9 Å². The highest BCUT2D eigenvalue weighted by molar-refractivity contribution is 5.96. The Morgan fingerprint density at radius 1 is 1.36 bits per heavy atom. The minimum absolute atomic E-state index is 0.0983. The summed E-state index contributed by atoms with van der Waals surface area (Å²) in [6.45, 7) is 2.80. The van der Waals surface area contributed by atoms with Crippen LogP contribution in [0.5, 0.6) is 0 Å². The smallest absolute Gasteiger partial charge is 0.323 e. The lowest BCUT2D eigenvalue weighted by Crippen LogP contribution is -2.46. The molecule has 1 unspecified atom stereocenters. The van der Waals surface area contributed by atoms with Crippen molar-refractivity contribution in [2.24, 2.45) is 0 Å². The highest BCUT2D eigenvalue weighted by Gasteiger charge is 2.22. The van der Waals surface area contributed by atoms with Gasteiger partial charge in [-0.2, -0.15) is 0 Å². The zero-order valence-electron chi connectivity index (χ0n) is 12.5. The van der Waals surface area contributed by atoms with Gasteiger partial charge >= 0.3 is 5.97 Å². The van der Waals surface area contributed by atoms with Crippen LogP contribution in [-0.4, -0.2) is 46.9 Å². The second-order valence-electron chi connectivity index (χ2n) is 4.87. The monoisotopic (exact) mass is 310 g/mol. The number of amides is 2. The number of hydrogen-bond acceptors (Lipinski definition) is 3. The van der Waals surface area contributed by atoms with Gasteiger partial charge in [-0.3, -0.25) is 14.4 Å². The van der Waals surface area contributed by atoms with E-state index in [9.17, 15) is 18.8 Å². The first-order valence-corrected chi connectivity index (χ1v) is 6.90. The molecule has 7 heteroatoms. The van der Waals surface area contributed by atoms with Crippen LogP contribution in [0.2, 0.25) is 0 Å². The second kappa shape index (κ2) is 8.11. The Morgan fingerprint density at radius 3 is 2.59 bits per heavy atom. The Hall–Kier alpha value is -2.44. The molecule has 0 aliphatic rings. The van der Waals surface area contributed by atoms with E-state index in [1.807, 2.05) is 6.92 Å². The average molecular weight is 310 g/mol. The van der Waals surface area contributed by atoms with Gasteiger partial charge in [0.25, 0.3) is 5.91 Å². The molecule has 22 heavy (non-hydrogen) atoms. The molecule has 0 saturated heterocycles. The summed E-state index contributed by atoms with van der Waals surface area (Å²) in [7, 11) is 0. The summed E-state index contributed by atoms with van der Waals surface area (Å²) in [6, 6.07) is 4.83. The maximum atomic E-state index is 13.0. The number of benzene rings is 1. The van der Waals surface area contributed by atoms with Gasteiger partial charge in [0.15, 0.2) is 0 Å². The first-order valence-electron chi connectivity index (χ1n) is 6.90. The van der Waals surface area contributed by atoms with Crippen LogP contribution in [-0.2, 0) is 9.59 Å². The van der Waals surface area contributed by atoms with Crippen molar-refractivity contribution in [1.82, 2.24) is 10.2 Å². The molecule has 6 nitrogen and oxygen atoms in total. The van der Waals surface area contributed by atoms with E-state index in [1.165, 1.54) is 23.1 Å². The van der Waals surface area contributed by atoms with E-state index in [0.717, 1.165) is 6.07 Å². The average Bonchev–Trinajstić information content (AvgIpc) is 2.48. The van der Waals surface area contributed by atoms with E-state index in [1.54, 1.807) is 6.92 Å². The fourth-order valence-electron chi connectivity index (χ4n) is 1.85. The van der Waals surface area contributed by atoms with E-state index in [4.69, 9.17) is 5.11 Å². The Bertz CT molecular complexity index is 562. The number of nitrogens with zero attached hydrogens (tertiary/aromatic N) is 1. The van der Waals surface area contributed by atoms with Crippen molar-refractivity contribution in [3.63, 3.8) is 0 Å². The van der Waals surface area contributed by atoms with Gasteiger partial charge in [0.1, 0.15) is 12.4 Å². The Labute approximate surface area is 127 Å². The zero-order chi connectivity index (χ0) is 16.7. The summed E-state index contributed by atoms with van der Waals surface area (Å²) in [5.74, 6) is -2.76. The van der Waals surface area contributed by atoms with Gasteiger partial charge in [-0.1, -0.05) is 13.0 Å². The first kappa shape index (κ1) is 17.6. The van der Waals surface area contributed by atoms with Crippen LogP contribution in [0.4, 0.5) is 4.39 Å². The molecule has 0 spiro atoms. The van der Waals surface area contributed by atoms with E-state index in [2.05, 4.69) is 5.32 Å². The SMILES string of the molecule is CCC(C)N(CC(=O)O)C(=O)CNC(=O)c1cccc(F)c1. The molecule has 2 N–H and O–H groups in total. The standard InChI is InChI=1S/C15H19FN2O4/c1-3-10(2)18(9-14(20)21)13(19)8-17-15(22)11-5-4-6-12(16)7-11/h4-7,10H,3,8-9H2,1-2H3,(H,17,22)(H,20,21). The summed E-state index contributed by atoms with van der Waals surface area (Å²) in [6.07, 6.45) is 0.594. The predicted molar refractivity (Wildman–Crippen MR) is 77.8 cm³/mol. The lowest BCUT2D eigenvalue weighted by Gasteiger charge is -2.27. The normalized spacial score (nSPS) is 11.6. The molecule has 2 amide bonds. The van der Waals surface area contributed by atoms with Crippen LogP contribution < -0.4 is 5.32 Å².